The highest BCUT2D eigenvalue weighted by atomic mass is 79.9. The molecule has 10 heavy (non-hydrogen) atoms. The minimum atomic E-state index is 0.183. The molecule has 0 aromatic carbocycles. The van der Waals surface area contributed by atoms with Crippen LogP contribution in [0.3, 0.4) is 0 Å². The maximum Gasteiger partial charge on any atom is 0.0480 e. The molecule has 0 saturated heterocycles. The molecule has 0 aromatic heterocycles. The van der Waals surface area contributed by atoms with Gasteiger partial charge in [-0.2, -0.15) is 0 Å². The lowest BCUT2D eigenvalue weighted by atomic mass is 9.75. The Morgan fingerprint density at radius 2 is 1.20 bits per heavy atom. The Balaban J connectivity index is 2.42. The Morgan fingerprint density at radius 3 is 1.40 bits per heavy atom. The zero-order valence-corrected chi connectivity index (χ0v) is 8.55. The fourth-order valence-electron chi connectivity index (χ4n) is 1.24. The highest BCUT2D eigenvalue weighted by Crippen LogP contribution is 2.44. The van der Waals surface area contributed by atoms with Gasteiger partial charge in [0.2, 0.25) is 0 Å². The van der Waals surface area contributed by atoms with Crippen molar-refractivity contribution in [2.24, 2.45) is 11.8 Å². The van der Waals surface area contributed by atoms with Crippen molar-refractivity contribution in [1.29, 1.82) is 0 Å². The van der Waals surface area contributed by atoms with Crippen molar-refractivity contribution in [3.63, 3.8) is 0 Å². The summed E-state index contributed by atoms with van der Waals surface area (Å²) in [6, 6.07) is 0. The number of hydrogen-bond acceptors (Lipinski definition) is 2. The molecule has 0 amide bonds. The van der Waals surface area contributed by atoms with Gasteiger partial charge < -0.3 is 10.2 Å². The normalized spacial score (nSPS) is 46.8. The molecule has 0 radical (unpaired) electrons. The van der Waals surface area contributed by atoms with Crippen LogP contribution in [0.15, 0.2) is 0 Å². The summed E-state index contributed by atoms with van der Waals surface area (Å²) in [6.45, 7) is 0.366. The van der Waals surface area contributed by atoms with Crippen LogP contribution in [0.25, 0.3) is 0 Å². The van der Waals surface area contributed by atoms with Crippen LogP contribution in [-0.4, -0.2) is 33.1 Å². The van der Waals surface area contributed by atoms with Gasteiger partial charge in [0, 0.05) is 34.7 Å². The maximum absolute atomic E-state index is 8.80. The van der Waals surface area contributed by atoms with Crippen LogP contribution >= 0.6 is 31.9 Å². The largest absolute Gasteiger partial charge is 0.396 e. The van der Waals surface area contributed by atoms with E-state index in [2.05, 4.69) is 31.9 Å². The molecule has 60 valence electrons. The minimum Gasteiger partial charge on any atom is -0.396 e. The van der Waals surface area contributed by atoms with Gasteiger partial charge in [0.05, 0.1) is 0 Å². The van der Waals surface area contributed by atoms with Crippen LogP contribution in [0.2, 0.25) is 0 Å². The van der Waals surface area contributed by atoms with Crippen LogP contribution in [0.1, 0.15) is 0 Å². The van der Waals surface area contributed by atoms with E-state index in [-0.39, 0.29) is 34.7 Å². The topological polar surface area (TPSA) is 40.5 Å². The predicted octanol–water partition coefficient (Wildman–Crippen LogP) is 0.744. The van der Waals surface area contributed by atoms with E-state index in [0.29, 0.717) is 0 Å². The molecule has 1 saturated carbocycles. The first-order chi connectivity index (χ1) is 4.72. The van der Waals surface area contributed by atoms with E-state index in [0.717, 1.165) is 0 Å². The van der Waals surface area contributed by atoms with Crippen LogP contribution in [0, 0.1) is 11.8 Å². The van der Waals surface area contributed by atoms with Crippen LogP contribution in [0.5, 0.6) is 0 Å². The van der Waals surface area contributed by atoms with Crippen molar-refractivity contribution in [2.75, 3.05) is 13.2 Å². The van der Waals surface area contributed by atoms with E-state index >= 15 is 0 Å². The summed E-state index contributed by atoms with van der Waals surface area (Å²) in [5.41, 5.74) is 0. The van der Waals surface area contributed by atoms with E-state index in [9.17, 15) is 0 Å². The predicted molar refractivity (Wildman–Crippen MR) is 46.6 cm³/mol. The van der Waals surface area contributed by atoms with Crippen molar-refractivity contribution in [3.05, 3.63) is 0 Å². The molecule has 4 heteroatoms. The Kier molecular flexibility index (Phi) is 3.16. The van der Waals surface area contributed by atoms with Crippen molar-refractivity contribution < 1.29 is 10.2 Å². The van der Waals surface area contributed by atoms with Gasteiger partial charge >= 0.3 is 0 Å². The molecule has 2 nitrogen and oxygen atoms in total. The van der Waals surface area contributed by atoms with Gasteiger partial charge in [-0.05, 0) is 0 Å². The monoisotopic (exact) mass is 272 g/mol. The fourth-order valence-corrected chi connectivity index (χ4v) is 4.05. The molecule has 1 aliphatic rings. The first-order valence-corrected chi connectivity index (χ1v) is 5.05. The zero-order valence-electron chi connectivity index (χ0n) is 5.37. The highest BCUT2D eigenvalue weighted by molar-refractivity contribution is 9.10. The van der Waals surface area contributed by atoms with Gasteiger partial charge in [0.15, 0.2) is 0 Å². The number of rotatable bonds is 2. The summed E-state index contributed by atoms with van der Waals surface area (Å²) in [4.78, 5) is 0.541. The van der Waals surface area contributed by atoms with Gasteiger partial charge in [-0.25, -0.2) is 0 Å². The second-order valence-electron chi connectivity index (χ2n) is 2.58. The molecule has 2 N–H and O–H groups in total. The molecular weight excluding hydrogens is 264 g/mol. The summed E-state index contributed by atoms with van der Waals surface area (Å²) in [5.74, 6) is 0.522. The fraction of sp³-hybridized carbons (Fsp3) is 1.00. The van der Waals surface area contributed by atoms with Crippen molar-refractivity contribution >= 4 is 31.9 Å². The lowest BCUT2D eigenvalue weighted by Crippen LogP contribution is -2.52. The smallest absolute Gasteiger partial charge is 0.0480 e. The van der Waals surface area contributed by atoms with Crippen LogP contribution < -0.4 is 0 Å². The van der Waals surface area contributed by atoms with Gasteiger partial charge in [0.1, 0.15) is 0 Å². The first kappa shape index (κ1) is 8.97. The number of aliphatic hydroxyl groups excluding tert-OH is 2. The molecule has 0 spiro atoms. The van der Waals surface area contributed by atoms with Gasteiger partial charge in [-0.3, -0.25) is 0 Å². The summed E-state index contributed by atoms with van der Waals surface area (Å²) >= 11 is 6.81. The Labute approximate surface area is 76.9 Å². The van der Waals surface area contributed by atoms with Crippen LogP contribution in [0.4, 0.5) is 0 Å². The van der Waals surface area contributed by atoms with E-state index in [4.69, 9.17) is 10.2 Å². The third-order valence-corrected chi connectivity index (χ3v) is 4.77. The van der Waals surface area contributed by atoms with Crippen molar-refractivity contribution in [3.8, 4) is 0 Å². The SMILES string of the molecule is OCC1C(Br)C(CO)C1Br. The second-order valence-corrected chi connectivity index (χ2v) is 4.70. The molecule has 1 fully saturated rings. The average Bonchev–Trinajstić information content (AvgIpc) is 1.90. The summed E-state index contributed by atoms with van der Waals surface area (Å²) in [5, 5.41) is 17.6. The lowest BCUT2D eigenvalue weighted by Gasteiger charge is -2.44. The zero-order chi connectivity index (χ0) is 7.72. The summed E-state index contributed by atoms with van der Waals surface area (Å²) < 4.78 is 0. The molecule has 1 rings (SSSR count). The Hall–Kier alpha value is 0.880. The van der Waals surface area contributed by atoms with E-state index in [1.54, 1.807) is 0 Å². The number of halogens is 2. The summed E-state index contributed by atoms with van der Waals surface area (Å²) in [7, 11) is 0. The molecule has 1 aliphatic carbocycles. The molecule has 0 unspecified atom stereocenters. The van der Waals surface area contributed by atoms with E-state index in [1.165, 1.54) is 0 Å². The minimum absolute atomic E-state index is 0.183. The number of aliphatic hydroxyl groups is 2. The molecule has 0 bridgehead atoms. The molecular formula is C6H10Br2O2. The second kappa shape index (κ2) is 3.52. The van der Waals surface area contributed by atoms with E-state index < -0.39 is 0 Å². The van der Waals surface area contributed by atoms with Crippen LogP contribution in [-0.2, 0) is 0 Å². The number of hydrogen-bond donors (Lipinski definition) is 2. The average molecular weight is 274 g/mol. The van der Waals surface area contributed by atoms with Gasteiger partial charge in [-0.15, -0.1) is 0 Å². The van der Waals surface area contributed by atoms with Gasteiger partial charge in [0.25, 0.3) is 0 Å². The number of alkyl halides is 2. The molecule has 0 aliphatic heterocycles. The molecule has 0 heterocycles. The first-order valence-electron chi connectivity index (χ1n) is 3.22. The van der Waals surface area contributed by atoms with E-state index in [1.807, 2.05) is 0 Å². The third-order valence-electron chi connectivity index (χ3n) is 2.06. The molecule has 0 atom stereocenters. The Morgan fingerprint density at radius 1 is 0.900 bits per heavy atom. The third kappa shape index (κ3) is 1.26. The summed E-state index contributed by atoms with van der Waals surface area (Å²) in [6.07, 6.45) is 0. The lowest BCUT2D eigenvalue weighted by molar-refractivity contribution is 0.0886. The van der Waals surface area contributed by atoms with Gasteiger partial charge in [-0.1, -0.05) is 31.9 Å². The Bertz CT molecular complexity index is 98.3. The quantitative estimate of drug-likeness (QED) is 0.729. The van der Waals surface area contributed by atoms with Crippen molar-refractivity contribution in [2.45, 2.75) is 9.65 Å². The maximum atomic E-state index is 8.80. The highest BCUT2D eigenvalue weighted by Gasteiger charge is 2.46. The van der Waals surface area contributed by atoms with Crippen molar-refractivity contribution in [1.82, 2.24) is 0 Å². The molecule has 0 aromatic rings. The standard InChI is InChI=1S/C6H10Br2O2/c7-5-3(1-9)6(8)4(5)2-10/h3-6,9-10H,1-2H2.